The molecule has 2 aromatic carbocycles. The Morgan fingerprint density at radius 2 is 1.83 bits per heavy atom. The van der Waals surface area contributed by atoms with Gasteiger partial charge in [0, 0.05) is 18.2 Å². The molecule has 0 saturated heterocycles. The van der Waals surface area contributed by atoms with Crippen LogP contribution in [0.5, 0.6) is 0 Å². The number of nitrogens with one attached hydrogen (secondary N) is 1. The molecule has 0 spiro atoms. The van der Waals surface area contributed by atoms with Gasteiger partial charge in [-0.25, -0.2) is 23.3 Å². The van der Waals surface area contributed by atoms with Crippen LogP contribution in [0.15, 0.2) is 65.5 Å². The Hall–Kier alpha value is -3.81. The van der Waals surface area contributed by atoms with Crippen molar-refractivity contribution in [2.75, 3.05) is 0 Å². The molecule has 2 heterocycles. The van der Waals surface area contributed by atoms with E-state index in [4.69, 9.17) is 0 Å². The minimum atomic E-state index is -0.429. The fourth-order valence-corrected chi connectivity index (χ4v) is 3.06. The van der Waals surface area contributed by atoms with Gasteiger partial charge >= 0.3 is 5.69 Å². The number of nitrogens with zero attached hydrogens (tertiary/aromatic N) is 4. The van der Waals surface area contributed by atoms with Crippen LogP contribution in [0, 0.1) is 12.7 Å². The van der Waals surface area contributed by atoms with Gasteiger partial charge in [0.15, 0.2) is 5.65 Å². The predicted octanol–water partition coefficient (Wildman–Crippen LogP) is 2.32. The van der Waals surface area contributed by atoms with E-state index in [0.717, 1.165) is 15.8 Å². The van der Waals surface area contributed by atoms with E-state index in [1.54, 1.807) is 25.1 Å². The third-order valence-electron chi connectivity index (χ3n) is 4.50. The summed E-state index contributed by atoms with van der Waals surface area (Å²) >= 11 is 0. The maximum Gasteiger partial charge on any atom is 0.352 e. The third-order valence-corrected chi connectivity index (χ3v) is 4.50. The number of amides is 1. The molecular formula is C21H18FN5O2. The van der Waals surface area contributed by atoms with Gasteiger partial charge in [-0.15, -0.1) is 5.10 Å². The van der Waals surface area contributed by atoms with Gasteiger partial charge < -0.3 is 5.32 Å². The van der Waals surface area contributed by atoms with Crippen LogP contribution in [0.25, 0.3) is 16.9 Å². The van der Waals surface area contributed by atoms with Crippen LogP contribution in [0.3, 0.4) is 0 Å². The summed E-state index contributed by atoms with van der Waals surface area (Å²) in [7, 11) is 0. The molecule has 0 aliphatic carbocycles. The monoisotopic (exact) mass is 391 g/mol. The molecule has 29 heavy (non-hydrogen) atoms. The highest BCUT2D eigenvalue weighted by Crippen LogP contribution is 2.18. The first-order valence-corrected chi connectivity index (χ1v) is 9.05. The summed E-state index contributed by atoms with van der Waals surface area (Å²) in [4.78, 5) is 29.4. The predicted molar refractivity (Wildman–Crippen MR) is 106 cm³/mol. The summed E-state index contributed by atoms with van der Waals surface area (Å²) in [6.07, 6.45) is 0. The number of rotatable bonds is 5. The molecule has 0 radical (unpaired) electrons. The Morgan fingerprint density at radius 1 is 1.10 bits per heavy atom. The van der Waals surface area contributed by atoms with Gasteiger partial charge in [0.2, 0.25) is 5.91 Å². The van der Waals surface area contributed by atoms with Crippen molar-refractivity contribution in [3.8, 4) is 11.3 Å². The molecule has 0 fully saturated rings. The van der Waals surface area contributed by atoms with Crippen LogP contribution in [0.1, 0.15) is 11.4 Å². The number of hydrogen-bond acceptors (Lipinski definition) is 4. The zero-order valence-corrected chi connectivity index (χ0v) is 15.7. The average Bonchev–Trinajstić information content (AvgIpc) is 3.04. The van der Waals surface area contributed by atoms with Crippen molar-refractivity contribution in [2.24, 2.45) is 0 Å². The van der Waals surface area contributed by atoms with Crippen molar-refractivity contribution in [2.45, 2.75) is 20.0 Å². The molecule has 4 rings (SSSR count). The third kappa shape index (κ3) is 3.91. The zero-order chi connectivity index (χ0) is 20.4. The normalized spacial score (nSPS) is 11.0. The molecule has 4 aromatic rings. The Bertz CT molecular complexity index is 1230. The van der Waals surface area contributed by atoms with E-state index in [9.17, 15) is 14.0 Å². The lowest BCUT2D eigenvalue weighted by Crippen LogP contribution is -2.32. The number of aryl methyl sites for hydroxylation is 1. The second-order valence-corrected chi connectivity index (χ2v) is 6.59. The fourth-order valence-electron chi connectivity index (χ4n) is 3.06. The van der Waals surface area contributed by atoms with E-state index in [1.807, 2.05) is 30.3 Å². The molecule has 0 aliphatic rings. The van der Waals surface area contributed by atoms with E-state index in [-0.39, 0.29) is 24.8 Å². The summed E-state index contributed by atoms with van der Waals surface area (Å²) in [6.45, 7) is 1.74. The Balaban J connectivity index is 1.55. The highest BCUT2D eigenvalue weighted by atomic mass is 19.1. The molecule has 2 aromatic heterocycles. The number of carbonyl (C=O) groups excluding carboxylic acids is 1. The average molecular weight is 391 g/mol. The van der Waals surface area contributed by atoms with Crippen molar-refractivity contribution in [1.29, 1.82) is 0 Å². The second kappa shape index (κ2) is 7.67. The van der Waals surface area contributed by atoms with Gasteiger partial charge in [0.25, 0.3) is 0 Å². The van der Waals surface area contributed by atoms with Gasteiger partial charge in [-0.1, -0.05) is 42.5 Å². The van der Waals surface area contributed by atoms with Crippen LogP contribution in [0.2, 0.25) is 0 Å². The van der Waals surface area contributed by atoms with E-state index < -0.39 is 5.69 Å². The lowest BCUT2D eigenvalue weighted by atomic mass is 10.1. The maximum absolute atomic E-state index is 12.9. The van der Waals surface area contributed by atoms with Crippen LogP contribution < -0.4 is 11.0 Å². The number of benzene rings is 2. The molecule has 0 unspecified atom stereocenters. The van der Waals surface area contributed by atoms with Gasteiger partial charge in [-0.05, 0) is 24.6 Å². The summed E-state index contributed by atoms with van der Waals surface area (Å²) in [5, 5.41) is 6.99. The van der Waals surface area contributed by atoms with Crippen LogP contribution in [-0.4, -0.2) is 25.1 Å². The first kappa shape index (κ1) is 18.5. The van der Waals surface area contributed by atoms with Crippen molar-refractivity contribution in [3.63, 3.8) is 0 Å². The molecule has 146 valence electrons. The Morgan fingerprint density at radius 3 is 2.55 bits per heavy atom. The number of hydrogen-bond donors (Lipinski definition) is 1. The lowest BCUT2D eigenvalue weighted by molar-refractivity contribution is -0.122. The molecule has 1 amide bonds. The fraction of sp³-hybridized carbons (Fsp3) is 0.143. The van der Waals surface area contributed by atoms with Gasteiger partial charge in [0.1, 0.15) is 18.2 Å². The van der Waals surface area contributed by atoms with Crippen LogP contribution >= 0.6 is 0 Å². The van der Waals surface area contributed by atoms with E-state index in [0.29, 0.717) is 17.2 Å². The summed E-state index contributed by atoms with van der Waals surface area (Å²) < 4.78 is 15.4. The van der Waals surface area contributed by atoms with Crippen molar-refractivity contribution < 1.29 is 9.18 Å². The minimum Gasteiger partial charge on any atom is -0.350 e. The smallest absolute Gasteiger partial charge is 0.350 e. The highest BCUT2D eigenvalue weighted by Gasteiger charge is 2.14. The number of carbonyl (C=O) groups is 1. The number of aromatic nitrogens is 4. The van der Waals surface area contributed by atoms with Gasteiger partial charge in [0.05, 0.1) is 5.69 Å². The Labute approximate surface area is 165 Å². The quantitative estimate of drug-likeness (QED) is 0.566. The molecule has 1 N–H and O–H groups in total. The van der Waals surface area contributed by atoms with E-state index >= 15 is 0 Å². The SMILES string of the molecule is Cc1nc(-c2ccccc2)cc2nn(CC(=O)NCc3ccc(F)cc3)c(=O)n12. The van der Waals surface area contributed by atoms with Gasteiger partial charge in [-0.2, -0.15) is 0 Å². The topological polar surface area (TPSA) is 81.3 Å². The van der Waals surface area contributed by atoms with E-state index in [1.165, 1.54) is 16.5 Å². The summed E-state index contributed by atoms with van der Waals surface area (Å²) in [5.74, 6) is -0.215. The number of halogens is 1. The van der Waals surface area contributed by atoms with Crippen LogP contribution in [0.4, 0.5) is 4.39 Å². The Kier molecular flexibility index (Phi) is 4.90. The number of fused-ring (bicyclic) bond motifs is 1. The summed E-state index contributed by atoms with van der Waals surface area (Å²) in [6, 6.07) is 17.1. The second-order valence-electron chi connectivity index (χ2n) is 6.59. The molecule has 0 aliphatic heterocycles. The van der Waals surface area contributed by atoms with Crippen molar-refractivity contribution in [3.05, 3.63) is 88.4 Å². The first-order valence-electron chi connectivity index (χ1n) is 9.05. The molecule has 7 nitrogen and oxygen atoms in total. The zero-order valence-electron chi connectivity index (χ0n) is 15.7. The van der Waals surface area contributed by atoms with Gasteiger partial charge in [-0.3, -0.25) is 4.79 Å². The molecular weight excluding hydrogens is 373 g/mol. The van der Waals surface area contributed by atoms with Crippen molar-refractivity contribution >= 4 is 11.6 Å². The standard InChI is InChI=1S/C21H18FN5O2/c1-14-24-18(16-5-3-2-4-6-16)11-19-25-26(21(29)27(14)19)13-20(28)23-12-15-7-9-17(22)10-8-15/h2-11H,12-13H2,1H3,(H,23,28). The first-order chi connectivity index (χ1) is 14.0. The lowest BCUT2D eigenvalue weighted by Gasteiger charge is -2.04. The largest absolute Gasteiger partial charge is 0.352 e. The highest BCUT2D eigenvalue weighted by molar-refractivity contribution is 5.75. The summed E-state index contributed by atoms with van der Waals surface area (Å²) in [5.41, 5.74) is 2.37. The maximum atomic E-state index is 12.9. The molecule has 0 atom stereocenters. The van der Waals surface area contributed by atoms with Crippen molar-refractivity contribution in [1.82, 2.24) is 24.5 Å². The molecule has 0 saturated carbocycles. The minimum absolute atomic E-state index is 0.220. The van der Waals surface area contributed by atoms with Crippen LogP contribution in [-0.2, 0) is 17.9 Å². The van der Waals surface area contributed by atoms with E-state index in [2.05, 4.69) is 15.4 Å². The molecule has 0 bridgehead atoms. The molecule has 8 heteroatoms.